The Morgan fingerprint density at radius 2 is 2.00 bits per heavy atom. The van der Waals surface area contributed by atoms with Crippen molar-refractivity contribution in [3.8, 4) is 16.9 Å². The van der Waals surface area contributed by atoms with E-state index in [2.05, 4.69) is 0 Å². The highest BCUT2D eigenvalue weighted by molar-refractivity contribution is 7.10. The summed E-state index contributed by atoms with van der Waals surface area (Å²) in [4.78, 5) is 1.18. The zero-order valence-corrected chi connectivity index (χ0v) is 9.19. The van der Waals surface area contributed by atoms with Crippen LogP contribution in [0.5, 0.6) is 5.75 Å². The van der Waals surface area contributed by atoms with E-state index in [1.807, 2.05) is 18.4 Å². The molecule has 0 saturated heterocycles. The van der Waals surface area contributed by atoms with Gasteiger partial charge in [0.2, 0.25) is 0 Å². The van der Waals surface area contributed by atoms with Gasteiger partial charge < -0.3 is 5.11 Å². The van der Waals surface area contributed by atoms with Crippen LogP contribution in [0.15, 0.2) is 29.6 Å². The Balaban J connectivity index is 2.62. The molecule has 0 saturated carbocycles. The maximum absolute atomic E-state index is 9.68. The van der Waals surface area contributed by atoms with E-state index in [9.17, 15) is 5.11 Å². The molecule has 0 amide bonds. The van der Waals surface area contributed by atoms with E-state index in [4.69, 9.17) is 11.6 Å². The molecule has 0 aliphatic carbocycles. The highest BCUT2D eigenvalue weighted by atomic mass is 35.5. The van der Waals surface area contributed by atoms with Crippen LogP contribution in [0.4, 0.5) is 0 Å². The van der Waals surface area contributed by atoms with Crippen molar-refractivity contribution in [1.82, 2.24) is 0 Å². The van der Waals surface area contributed by atoms with Crippen molar-refractivity contribution in [2.24, 2.45) is 0 Å². The van der Waals surface area contributed by atoms with Crippen molar-refractivity contribution >= 4 is 22.9 Å². The van der Waals surface area contributed by atoms with E-state index in [-0.39, 0.29) is 5.75 Å². The van der Waals surface area contributed by atoms with Gasteiger partial charge in [0.15, 0.2) is 0 Å². The number of phenolic OH excluding ortho intramolecular Hbond substituents is 1. The molecule has 1 N–H and O–H groups in total. The highest BCUT2D eigenvalue weighted by Gasteiger charge is 2.08. The third-order valence-electron chi connectivity index (χ3n) is 2.11. The standard InChI is InChI=1S/C11H9ClOS/c1-7-9(4-5-14-7)10-6-8(12)2-3-11(10)13/h2-6,13H,1H3. The van der Waals surface area contributed by atoms with E-state index < -0.39 is 0 Å². The van der Waals surface area contributed by atoms with Crippen LogP contribution in [0.1, 0.15) is 4.88 Å². The van der Waals surface area contributed by atoms with Crippen molar-refractivity contribution in [3.05, 3.63) is 39.5 Å². The first-order valence-electron chi connectivity index (χ1n) is 4.21. The number of thiophene rings is 1. The summed E-state index contributed by atoms with van der Waals surface area (Å²) in [5, 5.41) is 12.3. The molecule has 0 unspecified atom stereocenters. The molecule has 0 bridgehead atoms. The number of phenols is 1. The number of rotatable bonds is 1. The average Bonchev–Trinajstić information content (AvgIpc) is 2.56. The Bertz CT molecular complexity index is 462. The SMILES string of the molecule is Cc1sccc1-c1cc(Cl)ccc1O. The second-order valence-electron chi connectivity index (χ2n) is 3.05. The lowest BCUT2D eigenvalue weighted by Crippen LogP contribution is -1.78. The number of benzene rings is 1. The molecule has 1 heterocycles. The average molecular weight is 225 g/mol. The Labute approximate surface area is 91.6 Å². The molecule has 1 nitrogen and oxygen atoms in total. The largest absolute Gasteiger partial charge is 0.507 e. The van der Waals surface area contributed by atoms with Gasteiger partial charge in [-0.15, -0.1) is 11.3 Å². The third-order valence-corrected chi connectivity index (χ3v) is 3.19. The smallest absolute Gasteiger partial charge is 0.123 e. The summed E-state index contributed by atoms with van der Waals surface area (Å²) in [6, 6.07) is 7.08. The van der Waals surface area contributed by atoms with Gasteiger partial charge >= 0.3 is 0 Å². The second kappa shape index (κ2) is 3.64. The predicted molar refractivity (Wildman–Crippen MR) is 61.2 cm³/mol. The van der Waals surface area contributed by atoms with Gasteiger partial charge in [-0.25, -0.2) is 0 Å². The molecule has 0 fully saturated rings. The van der Waals surface area contributed by atoms with Gasteiger partial charge in [0, 0.05) is 15.5 Å². The minimum atomic E-state index is 0.274. The molecule has 0 aliphatic rings. The predicted octanol–water partition coefficient (Wildman–Crippen LogP) is 4.08. The lowest BCUT2D eigenvalue weighted by atomic mass is 10.1. The van der Waals surface area contributed by atoms with Gasteiger partial charge in [0.25, 0.3) is 0 Å². The third kappa shape index (κ3) is 1.63. The van der Waals surface area contributed by atoms with Gasteiger partial charge in [-0.05, 0) is 42.1 Å². The topological polar surface area (TPSA) is 20.2 Å². The number of aromatic hydroxyl groups is 1. The Kier molecular flexibility index (Phi) is 2.48. The van der Waals surface area contributed by atoms with Crippen LogP contribution in [0, 0.1) is 6.92 Å². The van der Waals surface area contributed by atoms with Crippen LogP contribution in [0.25, 0.3) is 11.1 Å². The highest BCUT2D eigenvalue weighted by Crippen LogP contribution is 2.35. The summed E-state index contributed by atoms with van der Waals surface area (Å²) in [5.41, 5.74) is 1.85. The Morgan fingerprint density at radius 3 is 2.64 bits per heavy atom. The monoisotopic (exact) mass is 224 g/mol. The fourth-order valence-corrected chi connectivity index (χ4v) is 2.27. The van der Waals surface area contributed by atoms with Gasteiger partial charge in [-0.3, -0.25) is 0 Å². The van der Waals surface area contributed by atoms with Gasteiger partial charge in [0.05, 0.1) is 0 Å². The Morgan fingerprint density at radius 1 is 1.21 bits per heavy atom. The van der Waals surface area contributed by atoms with Crippen LogP contribution in [-0.4, -0.2) is 5.11 Å². The van der Waals surface area contributed by atoms with Crippen LogP contribution >= 0.6 is 22.9 Å². The molecule has 0 atom stereocenters. The molecule has 1 aromatic carbocycles. The van der Waals surface area contributed by atoms with Gasteiger partial charge in [0.1, 0.15) is 5.75 Å². The second-order valence-corrected chi connectivity index (χ2v) is 4.61. The molecule has 2 aromatic rings. The van der Waals surface area contributed by atoms with E-state index in [0.717, 1.165) is 11.1 Å². The number of halogens is 1. The summed E-state index contributed by atoms with van der Waals surface area (Å²) in [6.45, 7) is 2.03. The molecule has 0 spiro atoms. The first-order chi connectivity index (χ1) is 6.68. The molecule has 0 radical (unpaired) electrons. The van der Waals surface area contributed by atoms with Crippen LogP contribution < -0.4 is 0 Å². The zero-order chi connectivity index (χ0) is 10.1. The first-order valence-corrected chi connectivity index (χ1v) is 5.47. The quantitative estimate of drug-likeness (QED) is 0.774. The molecule has 1 aromatic heterocycles. The summed E-state index contributed by atoms with van der Waals surface area (Å²) in [5.74, 6) is 0.274. The minimum Gasteiger partial charge on any atom is -0.507 e. The summed E-state index contributed by atoms with van der Waals surface area (Å²) < 4.78 is 0. The van der Waals surface area contributed by atoms with Crippen molar-refractivity contribution in [2.45, 2.75) is 6.92 Å². The summed E-state index contributed by atoms with van der Waals surface area (Å²) in [7, 11) is 0. The van der Waals surface area contributed by atoms with Gasteiger partial charge in [-0.2, -0.15) is 0 Å². The molecule has 72 valence electrons. The van der Waals surface area contributed by atoms with E-state index >= 15 is 0 Å². The van der Waals surface area contributed by atoms with Gasteiger partial charge in [-0.1, -0.05) is 11.6 Å². The van der Waals surface area contributed by atoms with Crippen molar-refractivity contribution in [2.75, 3.05) is 0 Å². The van der Waals surface area contributed by atoms with Crippen molar-refractivity contribution < 1.29 is 5.11 Å². The molecule has 2 rings (SSSR count). The van der Waals surface area contributed by atoms with Crippen molar-refractivity contribution in [3.63, 3.8) is 0 Å². The lowest BCUT2D eigenvalue weighted by Gasteiger charge is -2.04. The maximum Gasteiger partial charge on any atom is 0.123 e. The van der Waals surface area contributed by atoms with Crippen molar-refractivity contribution in [1.29, 1.82) is 0 Å². The fourth-order valence-electron chi connectivity index (χ4n) is 1.39. The summed E-state index contributed by atoms with van der Waals surface area (Å²) >= 11 is 7.54. The summed E-state index contributed by atoms with van der Waals surface area (Å²) in [6.07, 6.45) is 0. The van der Waals surface area contributed by atoms with Crippen LogP contribution in [0.2, 0.25) is 5.02 Å². The first kappa shape index (κ1) is 9.56. The molecular formula is C11H9ClOS. The zero-order valence-electron chi connectivity index (χ0n) is 7.62. The van der Waals surface area contributed by atoms with E-state index in [1.54, 1.807) is 29.5 Å². The lowest BCUT2D eigenvalue weighted by molar-refractivity contribution is 0.477. The van der Waals surface area contributed by atoms with Crippen LogP contribution in [0.3, 0.4) is 0 Å². The minimum absolute atomic E-state index is 0.274. The number of aryl methyl sites for hydroxylation is 1. The molecule has 3 heteroatoms. The molecular weight excluding hydrogens is 216 g/mol. The van der Waals surface area contributed by atoms with Crippen LogP contribution in [-0.2, 0) is 0 Å². The maximum atomic E-state index is 9.68. The number of hydrogen-bond acceptors (Lipinski definition) is 2. The number of hydrogen-bond donors (Lipinski definition) is 1. The Hall–Kier alpha value is -0.990. The van der Waals surface area contributed by atoms with E-state index in [0.29, 0.717) is 5.02 Å². The fraction of sp³-hybridized carbons (Fsp3) is 0.0909. The molecule has 14 heavy (non-hydrogen) atoms. The van der Waals surface area contributed by atoms with E-state index in [1.165, 1.54) is 4.88 Å². The molecule has 0 aliphatic heterocycles. The normalized spacial score (nSPS) is 10.4.